The normalized spacial score (nSPS) is 13.9. The molecule has 20 heavy (non-hydrogen) atoms. The van der Waals surface area contributed by atoms with Crippen LogP contribution in [-0.4, -0.2) is 48.3 Å². The number of amides is 1. The highest BCUT2D eigenvalue weighted by Crippen LogP contribution is 2.28. The van der Waals surface area contributed by atoms with Crippen LogP contribution >= 0.6 is 0 Å². The first-order chi connectivity index (χ1) is 9.76. The maximum atomic E-state index is 12.1. The summed E-state index contributed by atoms with van der Waals surface area (Å²) in [5.41, 5.74) is 0. The minimum absolute atomic E-state index is 0.0161. The van der Waals surface area contributed by atoms with E-state index < -0.39 is 0 Å². The highest BCUT2D eigenvalue weighted by atomic mass is 16.5. The molecule has 1 aliphatic carbocycles. The van der Waals surface area contributed by atoms with Crippen molar-refractivity contribution in [3.05, 3.63) is 24.3 Å². The first-order valence-electron chi connectivity index (χ1n) is 7.01. The number of aliphatic hydroxyl groups excluding tert-OH is 1. The topological polar surface area (TPSA) is 59.0 Å². The molecule has 0 heterocycles. The minimum atomic E-state index is -0.0900. The third-order valence-electron chi connectivity index (χ3n) is 3.15. The fourth-order valence-corrected chi connectivity index (χ4v) is 2.07. The minimum Gasteiger partial charge on any atom is -0.490 e. The molecule has 0 saturated heterocycles. The van der Waals surface area contributed by atoms with Crippen molar-refractivity contribution in [1.29, 1.82) is 0 Å². The van der Waals surface area contributed by atoms with Gasteiger partial charge >= 0.3 is 0 Å². The fourth-order valence-electron chi connectivity index (χ4n) is 2.07. The smallest absolute Gasteiger partial charge is 0.260 e. The summed E-state index contributed by atoms with van der Waals surface area (Å²) in [5.74, 6) is 1.12. The van der Waals surface area contributed by atoms with Gasteiger partial charge in [-0.3, -0.25) is 4.79 Å². The number of carbonyl (C=O) groups is 1. The van der Waals surface area contributed by atoms with Crippen LogP contribution in [0.4, 0.5) is 0 Å². The Morgan fingerprint density at radius 1 is 1.30 bits per heavy atom. The van der Waals surface area contributed by atoms with Crippen molar-refractivity contribution in [2.45, 2.75) is 25.8 Å². The third-order valence-corrected chi connectivity index (χ3v) is 3.15. The first-order valence-corrected chi connectivity index (χ1v) is 7.01. The predicted octanol–water partition coefficient (Wildman–Crippen LogP) is 1.45. The van der Waals surface area contributed by atoms with Crippen LogP contribution in [0.1, 0.15) is 19.8 Å². The average molecular weight is 279 g/mol. The van der Waals surface area contributed by atoms with Gasteiger partial charge in [-0.05, 0) is 31.9 Å². The largest absolute Gasteiger partial charge is 0.490 e. The predicted molar refractivity (Wildman–Crippen MR) is 74.9 cm³/mol. The molecule has 110 valence electrons. The van der Waals surface area contributed by atoms with Crippen molar-refractivity contribution in [3.8, 4) is 11.5 Å². The zero-order valence-corrected chi connectivity index (χ0v) is 11.7. The molecule has 0 radical (unpaired) electrons. The molecule has 2 rings (SSSR count). The Labute approximate surface area is 119 Å². The van der Waals surface area contributed by atoms with Gasteiger partial charge in [-0.1, -0.05) is 12.1 Å². The molecule has 5 nitrogen and oxygen atoms in total. The van der Waals surface area contributed by atoms with Crippen LogP contribution < -0.4 is 9.47 Å². The molecule has 1 aliphatic rings. The SMILES string of the molecule is CCOc1ccccc1OCC(=O)N(CCO)C1CC1. The van der Waals surface area contributed by atoms with Crippen molar-refractivity contribution < 1.29 is 19.4 Å². The Balaban J connectivity index is 1.92. The molecule has 1 fully saturated rings. The summed E-state index contributed by atoms with van der Waals surface area (Å²) in [6.07, 6.45) is 2.03. The number of carbonyl (C=O) groups excluding carboxylic acids is 1. The summed E-state index contributed by atoms with van der Waals surface area (Å²) in [7, 11) is 0. The van der Waals surface area contributed by atoms with E-state index >= 15 is 0 Å². The van der Waals surface area contributed by atoms with Crippen LogP contribution in [0.2, 0.25) is 0 Å². The Bertz CT molecular complexity index is 445. The number of para-hydroxylation sites is 2. The lowest BCUT2D eigenvalue weighted by molar-refractivity contribution is -0.134. The van der Waals surface area contributed by atoms with Gasteiger partial charge in [-0.2, -0.15) is 0 Å². The summed E-state index contributed by atoms with van der Waals surface area (Å²) >= 11 is 0. The Morgan fingerprint density at radius 3 is 2.50 bits per heavy atom. The molecule has 1 aromatic carbocycles. The Morgan fingerprint density at radius 2 is 1.95 bits per heavy atom. The fraction of sp³-hybridized carbons (Fsp3) is 0.533. The van der Waals surface area contributed by atoms with Crippen LogP contribution in [0.25, 0.3) is 0 Å². The Hall–Kier alpha value is -1.75. The summed E-state index contributed by atoms with van der Waals surface area (Å²) in [6.45, 7) is 2.78. The lowest BCUT2D eigenvalue weighted by Gasteiger charge is -2.21. The van der Waals surface area contributed by atoms with E-state index in [1.807, 2.05) is 25.1 Å². The molecule has 0 unspecified atom stereocenters. The van der Waals surface area contributed by atoms with Gasteiger partial charge < -0.3 is 19.5 Å². The molecule has 1 N–H and O–H groups in total. The summed E-state index contributed by atoms with van der Waals surface area (Å²) in [6, 6.07) is 7.58. The molecule has 0 aromatic heterocycles. The zero-order valence-electron chi connectivity index (χ0n) is 11.7. The van der Waals surface area contributed by atoms with E-state index in [0.29, 0.717) is 24.7 Å². The van der Waals surface area contributed by atoms with E-state index in [0.717, 1.165) is 12.8 Å². The molecular weight excluding hydrogens is 258 g/mol. The highest BCUT2D eigenvalue weighted by molar-refractivity contribution is 5.78. The molecule has 0 atom stereocenters. The monoisotopic (exact) mass is 279 g/mol. The molecule has 0 aliphatic heterocycles. The van der Waals surface area contributed by atoms with Crippen LogP contribution in [0.15, 0.2) is 24.3 Å². The van der Waals surface area contributed by atoms with Crippen LogP contribution in [0, 0.1) is 0 Å². The van der Waals surface area contributed by atoms with E-state index in [-0.39, 0.29) is 25.2 Å². The molecule has 1 amide bonds. The van der Waals surface area contributed by atoms with Crippen molar-refractivity contribution in [1.82, 2.24) is 4.90 Å². The molecular formula is C15H21NO4. The van der Waals surface area contributed by atoms with Crippen LogP contribution in [-0.2, 0) is 4.79 Å². The van der Waals surface area contributed by atoms with E-state index in [9.17, 15) is 4.79 Å². The van der Waals surface area contributed by atoms with Gasteiger partial charge in [0.2, 0.25) is 0 Å². The number of aliphatic hydroxyl groups is 1. The number of ether oxygens (including phenoxy) is 2. The van der Waals surface area contributed by atoms with Crippen molar-refractivity contribution in [3.63, 3.8) is 0 Å². The maximum absolute atomic E-state index is 12.1. The van der Waals surface area contributed by atoms with E-state index in [1.165, 1.54) is 0 Å². The molecule has 1 aromatic rings. The first kappa shape index (κ1) is 14.7. The maximum Gasteiger partial charge on any atom is 0.260 e. The standard InChI is InChI=1S/C15H21NO4/c1-2-19-13-5-3-4-6-14(13)20-11-15(18)16(9-10-17)12-7-8-12/h3-6,12,17H,2,7-11H2,1H3. The van der Waals surface area contributed by atoms with Crippen LogP contribution in [0.3, 0.4) is 0 Å². The van der Waals surface area contributed by atoms with E-state index in [2.05, 4.69) is 0 Å². The average Bonchev–Trinajstić information content (AvgIpc) is 3.28. The van der Waals surface area contributed by atoms with Crippen LogP contribution in [0.5, 0.6) is 11.5 Å². The molecule has 0 spiro atoms. The second kappa shape index (κ2) is 7.14. The molecule has 0 bridgehead atoms. The van der Waals surface area contributed by atoms with Crippen molar-refractivity contribution >= 4 is 5.91 Å². The number of hydrogen-bond donors (Lipinski definition) is 1. The second-order valence-corrected chi connectivity index (χ2v) is 4.71. The molecule has 1 saturated carbocycles. The van der Waals surface area contributed by atoms with E-state index in [1.54, 1.807) is 11.0 Å². The second-order valence-electron chi connectivity index (χ2n) is 4.71. The number of rotatable bonds is 8. The van der Waals surface area contributed by atoms with Crippen molar-refractivity contribution in [2.24, 2.45) is 0 Å². The summed E-state index contributed by atoms with van der Waals surface area (Å²) in [5, 5.41) is 9.01. The summed E-state index contributed by atoms with van der Waals surface area (Å²) in [4.78, 5) is 13.8. The lowest BCUT2D eigenvalue weighted by atomic mass is 10.3. The van der Waals surface area contributed by atoms with Gasteiger partial charge in [0.15, 0.2) is 18.1 Å². The summed E-state index contributed by atoms with van der Waals surface area (Å²) < 4.78 is 11.0. The van der Waals surface area contributed by atoms with Gasteiger partial charge in [0.05, 0.1) is 13.2 Å². The van der Waals surface area contributed by atoms with Gasteiger partial charge in [0.1, 0.15) is 0 Å². The van der Waals surface area contributed by atoms with Gasteiger partial charge in [0, 0.05) is 12.6 Å². The number of nitrogens with zero attached hydrogens (tertiary/aromatic N) is 1. The zero-order chi connectivity index (χ0) is 14.4. The molecule has 5 heteroatoms. The van der Waals surface area contributed by atoms with Crippen molar-refractivity contribution in [2.75, 3.05) is 26.4 Å². The number of hydrogen-bond acceptors (Lipinski definition) is 4. The van der Waals surface area contributed by atoms with Gasteiger partial charge in [-0.15, -0.1) is 0 Å². The lowest BCUT2D eigenvalue weighted by Crippen LogP contribution is -2.38. The third kappa shape index (κ3) is 3.87. The number of benzene rings is 1. The van der Waals surface area contributed by atoms with E-state index in [4.69, 9.17) is 14.6 Å². The quantitative estimate of drug-likeness (QED) is 0.782. The highest BCUT2D eigenvalue weighted by Gasteiger charge is 2.32. The van der Waals surface area contributed by atoms with Gasteiger partial charge in [-0.25, -0.2) is 0 Å². The van der Waals surface area contributed by atoms with Gasteiger partial charge in [0.25, 0.3) is 5.91 Å². The Kier molecular flexibility index (Phi) is 5.24.